The van der Waals surface area contributed by atoms with E-state index in [1.54, 1.807) is 26.4 Å². The highest BCUT2D eigenvalue weighted by atomic mass is 16.5. The summed E-state index contributed by atoms with van der Waals surface area (Å²) in [7, 11) is 3.16. The predicted octanol–water partition coefficient (Wildman–Crippen LogP) is 2.26. The number of fused-ring (bicyclic) bond motifs is 1. The second-order valence-electron chi connectivity index (χ2n) is 6.18. The highest BCUT2D eigenvalue weighted by molar-refractivity contribution is 5.95. The summed E-state index contributed by atoms with van der Waals surface area (Å²) in [4.78, 5) is 12.5. The standard InChI is InChI=1S/C18H24N4O3/c1-12-14(24-2)9-13(10-15(12)25-3)18(23)19-11-17-21-20-16-7-5-4-6-8-22(16)17/h9-10H,4-8,11H2,1-3H3,(H,19,23). The first kappa shape index (κ1) is 17.3. The molecule has 134 valence electrons. The van der Waals surface area contributed by atoms with E-state index in [-0.39, 0.29) is 5.91 Å². The first-order valence-corrected chi connectivity index (χ1v) is 8.55. The van der Waals surface area contributed by atoms with E-state index >= 15 is 0 Å². The third-order valence-corrected chi connectivity index (χ3v) is 4.61. The van der Waals surface area contributed by atoms with Gasteiger partial charge < -0.3 is 19.4 Å². The summed E-state index contributed by atoms with van der Waals surface area (Å²) in [5.41, 5.74) is 1.36. The molecule has 0 atom stereocenters. The average molecular weight is 344 g/mol. The third-order valence-electron chi connectivity index (χ3n) is 4.61. The van der Waals surface area contributed by atoms with Crippen molar-refractivity contribution in [1.82, 2.24) is 20.1 Å². The van der Waals surface area contributed by atoms with E-state index in [4.69, 9.17) is 9.47 Å². The van der Waals surface area contributed by atoms with Crippen LogP contribution in [0.2, 0.25) is 0 Å². The number of rotatable bonds is 5. The molecule has 25 heavy (non-hydrogen) atoms. The van der Waals surface area contributed by atoms with Gasteiger partial charge in [0, 0.05) is 24.1 Å². The van der Waals surface area contributed by atoms with Gasteiger partial charge in [-0.15, -0.1) is 10.2 Å². The summed E-state index contributed by atoms with van der Waals surface area (Å²) in [5.74, 6) is 2.88. The minimum atomic E-state index is -0.192. The van der Waals surface area contributed by atoms with E-state index in [9.17, 15) is 4.79 Å². The number of aryl methyl sites for hydroxylation is 1. The second-order valence-corrected chi connectivity index (χ2v) is 6.18. The molecule has 0 radical (unpaired) electrons. The van der Waals surface area contributed by atoms with Gasteiger partial charge in [-0.25, -0.2) is 0 Å². The Hall–Kier alpha value is -2.57. The van der Waals surface area contributed by atoms with Gasteiger partial charge in [0.25, 0.3) is 5.91 Å². The molecule has 7 heteroatoms. The van der Waals surface area contributed by atoms with E-state index in [1.807, 2.05) is 6.92 Å². The number of nitrogens with zero attached hydrogens (tertiary/aromatic N) is 3. The predicted molar refractivity (Wildman–Crippen MR) is 93.0 cm³/mol. The Morgan fingerprint density at radius 3 is 2.56 bits per heavy atom. The molecule has 1 aromatic heterocycles. The number of aromatic nitrogens is 3. The van der Waals surface area contributed by atoms with Gasteiger partial charge in [-0.2, -0.15) is 0 Å². The van der Waals surface area contributed by atoms with Gasteiger partial charge in [-0.3, -0.25) is 4.79 Å². The summed E-state index contributed by atoms with van der Waals surface area (Å²) in [5, 5.41) is 11.4. The molecule has 0 fully saturated rings. The van der Waals surface area contributed by atoms with Crippen LogP contribution in [-0.2, 0) is 19.5 Å². The molecule has 7 nitrogen and oxygen atoms in total. The van der Waals surface area contributed by atoms with Gasteiger partial charge in [0.2, 0.25) is 0 Å². The van der Waals surface area contributed by atoms with Crippen LogP contribution in [0.25, 0.3) is 0 Å². The maximum Gasteiger partial charge on any atom is 0.251 e. The molecule has 0 aliphatic carbocycles. The fourth-order valence-corrected chi connectivity index (χ4v) is 3.15. The van der Waals surface area contributed by atoms with Crippen molar-refractivity contribution < 1.29 is 14.3 Å². The molecule has 1 aliphatic rings. The number of ether oxygens (including phenoxy) is 2. The Bertz CT molecular complexity index is 745. The highest BCUT2D eigenvalue weighted by Gasteiger charge is 2.17. The Morgan fingerprint density at radius 2 is 1.88 bits per heavy atom. The lowest BCUT2D eigenvalue weighted by Gasteiger charge is -2.13. The summed E-state index contributed by atoms with van der Waals surface area (Å²) in [6.07, 6.45) is 4.43. The Labute approximate surface area is 147 Å². The van der Waals surface area contributed by atoms with Crippen molar-refractivity contribution in [2.75, 3.05) is 14.2 Å². The molecule has 0 bridgehead atoms. The molecule has 2 heterocycles. The van der Waals surface area contributed by atoms with Crippen molar-refractivity contribution in [2.24, 2.45) is 0 Å². The minimum Gasteiger partial charge on any atom is -0.496 e. The molecule has 0 unspecified atom stereocenters. The molecule has 1 N–H and O–H groups in total. The maximum atomic E-state index is 12.5. The van der Waals surface area contributed by atoms with Gasteiger partial charge in [-0.05, 0) is 31.9 Å². The number of hydrogen-bond donors (Lipinski definition) is 1. The molecule has 0 saturated carbocycles. The lowest BCUT2D eigenvalue weighted by atomic mass is 10.1. The molecule has 2 aromatic rings. The quantitative estimate of drug-likeness (QED) is 0.900. The Kier molecular flexibility index (Phi) is 5.21. The number of methoxy groups -OCH3 is 2. The summed E-state index contributed by atoms with van der Waals surface area (Å²) in [6, 6.07) is 3.44. The number of amides is 1. The first-order chi connectivity index (χ1) is 12.1. The number of benzene rings is 1. The molecular formula is C18H24N4O3. The fraction of sp³-hybridized carbons (Fsp3) is 0.500. The van der Waals surface area contributed by atoms with Crippen molar-refractivity contribution in [3.05, 3.63) is 34.9 Å². The Morgan fingerprint density at radius 1 is 1.16 bits per heavy atom. The SMILES string of the molecule is COc1cc(C(=O)NCc2nnc3n2CCCCC3)cc(OC)c1C. The second kappa shape index (κ2) is 7.55. The smallest absolute Gasteiger partial charge is 0.251 e. The zero-order valence-electron chi connectivity index (χ0n) is 15.0. The van der Waals surface area contributed by atoms with Crippen LogP contribution in [0, 0.1) is 6.92 Å². The van der Waals surface area contributed by atoms with Gasteiger partial charge >= 0.3 is 0 Å². The van der Waals surface area contributed by atoms with Crippen LogP contribution in [0.15, 0.2) is 12.1 Å². The summed E-state index contributed by atoms with van der Waals surface area (Å²) in [6.45, 7) is 3.16. The summed E-state index contributed by atoms with van der Waals surface area (Å²) < 4.78 is 12.8. The van der Waals surface area contributed by atoms with Gasteiger partial charge in [0.15, 0.2) is 5.82 Å². The number of nitrogens with one attached hydrogen (secondary N) is 1. The van der Waals surface area contributed by atoms with E-state index in [0.717, 1.165) is 43.0 Å². The van der Waals surface area contributed by atoms with Crippen LogP contribution in [-0.4, -0.2) is 34.9 Å². The van der Waals surface area contributed by atoms with Crippen molar-refractivity contribution in [3.8, 4) is 11.5 Å². The molecule has 1 amide bonds. The van der Waals surface area contributed by atoms with Crippen LogP contribution < -0.4 is 14.8 Å². The molecule has 0 saturated heterocycles. The minimum absolute atomic E-state index is 0.192. The lowest BCUT2D eigenvalue weighted by Crippen LogP contribution is -2.25. The topological polar surface area (TPSA) is 78.3 Å². The van der Waals surface area contributed by atoms with E-state index in [1.165, 1.54) is 6.42 Å². The average Bonchev–Trinajstić information content (AvgIpc) is 2.86. The fourth-order valence-electron chi connectivity index (χ4n) is 3.15. The zero-order valence-corrected chi connectivity index (χ0v) is 15.0. The third kappa shape index (κ3) is 3.60. The van der Waals surface area contributed by atoms with E-state index in [0.29, 0.717) is 23.6 Å². The van der Waals surface area contributed by atoms with E-state index in [2.05, 4.69) is 20.1 Å². The van der Waals surface area contributed by atoms with Crippen molar-refractivity contribution in [1.29, 1.82) is 0 Å². The molecule has 0 spiro atoms. The van der Waals surface area contributed by atoms with Crippen molar-refractivity contribution >= 4 is 5.91 Å². The summed E-state index contributed by atoms with van der Waals surface area (Å²) >= 11 is 0. The van der Waals surface area contributed by atoms with Gasteiger partial charge in [-0.1, -0.05) is 6.42 Å². The maximum absolute atomic E-state index is 12.5. The van der Waals surface area contributed by atoms with Crippen LogP contribution in [0.1, 0.15) is 46.8 Å². The number of carbonyl (C=O) groups is 1. The largest absolute Gasteiger partial charge is 0.496 e. The van der Waals surface area contributed by atoms with Crippen LogP contribution in [0.5, 0.6) is 11.5 Å². The molecule has 3 rings (SSSR count). The molecular weight excluding hydrogens is 320 g/mol. The van der Waals surface area contributed by atoms with E-state index < -0.39 is 0 Å². The monoisotopic (exact) mass is 344 g/mol. The van der Waals surface area contributed by atoms with Crippen LogP contribution >= 0.6 is 0 Å². The Balaban J connectivity index is 1.74. The van der Waals surface area contributed by atoms with Gasteiger partial charge in [0.1, 0.15) is 17.3 Å². The normalized spacial score (nSPS) is 13.7. The van der Waals surface area contributed by atoms with Crippen molar-refractivity contribution in [3.63, 3.8) is 0 Å². The van der Waals surface area contributed by atoms with Crippen LogP contribution in [0.3, 0.4) is 0 Å². The van der Waals surface area contributed by atoms with Gasteiger partial charge in [0.05, 0.1) is 20.8 Å². The lowest BCUT2D eigenvalue weighted by molar-refractivity contribution is 0.0948. The number of carbonyl (C=O) groups excluding carboxylic acids is 1. The van der Waals surface area contributed by atoms with Crippen molar-refractivity contribution in [2.45, 2.75) is 45.7 Å². The number of hydrogen-bond acceptors (Lipinski definition) is 5. The molecule has 1 aromatic carbocycles. The first-order valence-electron chi connectivity index (χ1n) is 8.55. The highest BCUT2D eigenvalue weighted by Crippen LogP contribution is 2.29. The van der Waals surface area contributed by atoms with Crippen LogP contribution in [0.4, 0.5) is 0 Å². The molecule has 1 aliphatic heterocycles. The zero-order chi connectivity index (χ0) is 17.8.